The lowest BCUT2D eigenvalue weighted by atomic mass is 9.88. The summed E-state index contributed by atoms with van der Waals surface area (Å²) in [7, 11) is -3.59. The number of hydrogen-bond donors (Lipinski definition) is 1. The predicted octanol–water partition coefficient (Wildman–Crippen LogP) is 4.39. The smallest absolute Gasteiger partial charge is 0.261 e. The number of hydrogen-bond acceptors (Lipinski definition) is 4. The first-order valence-corrected chi connectivity index (χ1v) is 11.1. The van der Waals surface area contributed by atoms with Gasteiger partial charge >= 0.3 is 0 Å². The van der Waals surface area contributed by atoms with Crippen molar-refractivity contribution in [3.05, 3.63) is 82.7 Å². The third kappa shape index (κ3) is 3.55. The first-order chi connectivity index (χ1) is 13.1. The minimum atomic E-state index is -3.59. The van der Waals surface area contributed by atoms with E-state index in [0.717, 1.165) is 36.2 Å². The number of fused-ring (bicyclic) bond motifs is 1. The molecule has 1 N–H and O–H groups in total. The number of carbonyl (C=O) groups excluding carboxylic acids is 1. The molecule has 3 aromatic rings. The molecule has 0 bridgehead atoms. The molecule has 1 heterocycles. The lowest BCUT2D eigenvalue weighted by Gasteiger charge is -2.26. The van der Waals surface area contributed by atoms with Gasteiger partial charge in [-0.3, -0.25) is 4.79 Å². The van der Waals surface area contributed by atoms with Gasteiger partial charge in [-0.25, -0.2) is 8.42 Å². The molecule has 4 rings (SSSR count). The first kappa shape index (κ1) is 17.9. The molecule has 0 fully saturated rings. The van der Waals surface area contributed by atoms with Crippen LogP contribution in [0, 0.1) is 0 Å². The Kier molecular flexibility index (Phi) is 4.85. The van der Waals surface area contributed by atoms with Gasteiger partial charge in [-0.15, -0.1) is 11.3 Å². The monoisotopic (exact) mass is 397 g/mol. The highest BCUT2D eigenvalue weighted by molar-refractivity contribution is 7.93. The van der Waals surface area contributed by atoms with Gasteiger partial charge in [-0.2, -0.15) is 0 Å². The quantitative estimate of drug-likeness (QED) is 0.710. The molecule has 0 saturated carbocycles. The molecule has 1 amide bonds. The van der Waals surface area contributed by atoms with Crippen LogP contribution in [-0.2, 0) is 16.3 Å². The van der Waals surface area contributed by atoms with Gasteiger partial charge in [-0.1, -0.05) is 42.5 Å². The van der Waals surface area contributed by atoms with Crippen molar-refractivity contribution in [1.29, 1.82) is 0 Å². The zero-order chi connectivity index (χ0) is 18.9. The summed E-state index contributed by atoms with van der Waals surface area (Å²) in [6.07, 6.45) is 2.95. The largest absolute Gasteiger partial charge is 0.345 e. The zero-order valence-corrected chi connectivity index (χ0v) is 16.2. The van der Waals surface area contributed by atoms with Gasteiger partial charge < -0.3 is 5.32 Å². The Bertz CT molecular complexity index is 1070. The number of aryl methyl sites for hydroxylation is 1. The van der Waals surface area contributed by atoms with Crippen LogP contribution in [0.3, 0.4) is 0 Å². The number of nitrogens with one attached hydrogen (secondary N) is 1. The predicted molar refractivity (Wildman–Crippen MR) is 106 cm³/mol. The second-order valence-electron chi connectivity index (χ2n) is 6.55. The molecular weight excluding hydrogens is 378 g/mol. The van der Waals surface area contributed by atoms with E-state index in [1.807, 2.05) is 12.1 Å². The summed E-state index contributed by atoms with van der Waals surface area (Å²) in [5.74, 6) is -0.226. The Hall–Kier alpha value is -2.44. The van der Waals surface area contributed by atoms with Crippen LogP contribution in [0.1, 0.15) is 39.7 Å². The summed E-state index contributed by atoms with van der Waals surface area (Å²) < 4.78 is 25.6. The van der Waals surface area contributed by atoms with Crippen LogP contribution in [0.25, 0.3) is 0 Å². The van der Waals surface area contributed by atoms with E-state index in [0.29, 0.717) is 4.88 Å². The molecule has 1 aromatic heterocycles. The summed E-state index contributed by atoms with van der Waals surface area (Å²) in [6.45, 7) is 0. The molecule has 0 aliphatic heterocycles. The van der Waals surface area contributed by atoms with Crippen molar-refractivity contribution in [3.63, 3.8) is 0 Å². The first-order valence-electron chi connectivity index (χ1n) is 8.84. The summed E-state index contributed by atoms with van der Waals surface area (Å²) in [6, 6.07) is 19.5. The second kappa shape index (κ2) is 7.29. The maximum absolute atomic E-state index is 12.7. The molecule has 4 nitrogen and oxygen atoms in total. The van der Waals surface area contributed by atoms with Gasteiger partial charge in [0.2, 0.25) is 9.84 Å². The number of thiophene rings is 1. The maximum atomic E-state index is 12.7. The van der Waals surface area contributed by atoms with Crippen LogP contribution in [-0.4, -0.2) is 14.3 Å². The number of carbonyl (C=O) groups is 1. The molecule has 1 aliphatic rings. The van der Waals surface area contributed by atoms with E-state index in [1.165, 1.54) is 11.6 Å². The molecule has 0 unspecified atom stereocenters. The fourth-order valence-electron chi connectivity index (χ4n) is 3.44. The molecule has 138 valence electrons. The van der Waals surface area contributed by atoms with Crippen LogP contribution in [0.4, 0.5) is 0 Å². The molecule has 0 radical (unpaired) electrons. The molecule has 27 heavy (non-hydrogen) atoms. The van der Waals surface area contributed by atoms with Crippen molar-refractivity contribution in [2.45, 2.75) is 34.4 Å². The van der Waals surface area contributed by atoms with Crippen LogP contribution >= 0.6 is 11.3 Å². The molecule has 2 aromatic carbocycles. The molecule has 0 saturated heterocycles. The van der Waals surface area contributed by atoms with Crippen LogP contribution < -0.4 is 5.32 Å². The zero-order valence-electron chi connectivity index (χ0n) is 14.6. The Morgan fingerprint density at radius 3 is 2.52 bits per heavy atom. The van der Waals surface area contributed by atoms with Crippen molar-refractivity contribution in [1.82, 2.24) is 5.32 Å². The van der Waals surface area contributed by atoms with E-state index in [2.05, 4.69) is 17.4 Å². The van der Waals surface area contributed by atoms with E-state index in [9.17, 15) is 13.2 Å². The van der Waals surface area contributed by atoms with Gasteiger partial charge in [0.05, 0.1) is 15.8 Å². The van der Waals surface area contributed by atoms with Gasteiger partial charge in [0, 0.05) is 0 Å². The second-order valence-corrected chi connectivity index (χ2v) is 9.81. The molecule has 1 atom stereocenters. The van der Waals surface area contributed by atoms with Gasteiger partial charge in [0.15, 0.2) is 0 Å². The summed E-state index contributed by atoms with van der Waals surface area (Å²) in [5, 5.41) is 3.07. The highest BCUT2D eigenvalue weighted by Gasteiger charge is 2.25. The lowest BCUT2D eigenvalue weighted by Crippen LogP contribution is -2.30. The van der Waals surface area contributed by atoms with Gasteiger partial charge in [-0.05, 0) is 54.7 Å². The Morgan fingerprint density at radius 2 is 1.70 bits per heavy atom. The third-order valence-corrected chi connectivity index (χ3v) is 8.14. The number of sulfone groups is 1. The van der Waals surface area contributed by atoms with E-state index in [1.54, 1.807) is 36.4 Å². The lowest BCUT2D eigenvalue weighted by molar-refractivity contribution is 0.0937. The number of rotatable bonds is 4. The summed E-state index contributed by atoms with van der Waals surface area (Å²) in [4.78, 5) is 13.3. The Labute approximate surface area is 162 Å². The molecule has 0 spiro atoms. The SMILES string of the molecule is O=C(N[C@H]1CCCc2ccccc21)c1ccc(S(=O)(=O)c2ccccc2)s1. The molecule has 1 aliphatic carbocycles. The molecular formula is C21H19NO3S2. The van der Waals surface area contributed by atoms with Gasteiger partial charge in [0.1, 0.15) is 4.21 Å². The fourth-order valence-corrected chi connectivity index (χ4v) is 6.07. The van der Waals surface area contributed by atoms with Gasteiger partial charge in [0.25, 0.3) is 5.91 Å². The van der Waals surface area contributed by atoms with Crippen molar-refractivity contribution in [2.75, 3.05) is 0 Å². The van der Waals surface area contributed by atoms with E-state index in [4.69, 9.17) is 0 Å². The minimum absolute atomic E-state index is 0.0290. The van der Waals surface area contributed by atoms with E-state index in [-0.39, 0.29) is 21.1 Å². The van der Waals surface area contributed by atoms with Crippen molar-refractivity contribution < 1.29 is 13.2 Å². The maximum Gasteiger partial charge on any atom is 0.261 e. The third-order valence-electron chi connectivity index (χ3n) is 4.80. The normalized spacial score (nSPS) is 16.5. The van der Waals surface area contributed by atoms with Crippen LogP contribution in [0.15, 0.2) is 75.8 Å². The summed E-state index contributed by atoms with van der Waals surface area (Å²) in [5.41, 5.74) is 2.43. The molecule has 6 heteroatoms. The standard InChI is InChI=1S/C21H19NO3S2/c23-21(22-18-12-6-8-15-7-4-5-11-17(15)18)19-13-14-20(26-19)27(24,25)16-9-2-1-3-10-16/h1-5,7,9-11,13-14,18H,6,8,12H2,(H,22,23)/t18-/m0/s1. The van der Waals surface area contributed by atoms with Crippen molar-refractivity contribution in [3.8, 4) is 0 Å². The highest BCUT2D eigenvalue weighted by Crippen LogP contribution is 2.31. The van der Waals surface area contributed by atoms with E-state index < -0.39 is 9.84 Å². The Morgan fingerprint density at radius 1 is 0.963 bits per heavy atom. The number of amides is 1. The van der Waals surface area contributed by atoms with Crippen molar-refractivity contribution in [2.24, 2.45) is 0 Å². The highest BCUT2D eigenvalue weighted by atomic mass is 32.2. The topological polar surface area (TPSA) is 63.2 Å². The average molecular weight is 398 g/mol. The van der Waals surface area contributed by atoms with Crippen LogP contribution in [0.2, 0.25) is 0 Å². The summed E-state index contributed by atoms with van der Waals surface area (Å²) >= 11 is 1.01. The number of benzene rings is 2. The van der Waals surface area contributed by atoms with Crippen LogP contribution in [0.5, 0.6) is 0 Å². The van der Waals surface area contributed by atoms with Crippen molar-refractivity contribution >= 4 is 27.1 Å². The minimum Gasteiger partial charge on any atom is -0.345 e. The average Bonchev–Trinajstić information content (AvgIpc) is 3.20. The Balaban J connectivity index is 1.55. The fraction of sp³-hybridized carbons (Fsp3) is 0.190. The van der Waals surface area contributed by atoms with E-state index >= 15 is 0 Å².